The van der Waals surface area contributed by atoms with Gasteiger partial charge < -0.3 is 0 Å². The van der Waals surface area contributed by atoms with Gasteiger partial charge in [0.15, 0.2) is 0 Å². The molecule has 0 fully saturated rings. The van der Waals surface area contributed by atoms with Crippen molar-refractivity contribution in [3.8, 4) is 0 Å². The molecule has 0 heterocycles. The summed E-state index contributed by atoms with van der Waals surface area (Å²) in [6.07, 6.45) is 0. The van der Waals surface area contributed by atoms with Gasteiger partial charge in [0.25, 0.3) is 0 Å². The summed E-state index contributed by atoms with van der Waals surface area (Å²) in [5, 5.41) is 0. The van der Waals surface area contributed by atoms with E-state index < -0.39 is 0 Å². The fraction of sp³-hybridized carbons (Fsp3) is 0. The normalized spacial score (nSPS) is 9.12. The van der Waals surface area contributed by atoms with Crippen LogP contribution >= 0.6 is 8.96 Å². The van der Waals surface area contributed by atoms with Gasteiger partial charge in [0.2, 0.25) is 0 Å². The van der Waals surface area contributed by atoms with Gasteiger partial charge in [0.05, 0.1) is 0 Å². The molecule has 0 saturated carbocycles. The van der Waals surface area contributed by atoms with E-state index in [2.05, 4.69) is 12.1 Å². The second kappa shape index (κ2) is 3.35. The van der Waals surface area contributed by atoms with Gasteiger partial charge >= 0.3 is 62.7 Å². The maximum absolute atomic E-state index is 5.66. The first-order valence-electron chi connectivity index (χ1n) is 2.27. The van der Waals surface area contributed by atoms with Crippen LogP contribution < -0.4 is 3.61 Å². The zero-order chi connectivity index (χ0) is 5.82. The third kappa shape index (κ3) is 1.67. The molecule has 1 aromatic rings. The molecule has 0 saturated heterocycles. The topological polar surface area (TPSA) is 0 Å². The van der Waals surface area contributed by atoms with Crippen molar-refractivity contribution in [2.75, 3.05) is 0 Å². The van der Waals surface area contributed by atoms with Crippen molar-refractivity contribution in [2.45, 2.75) is 0 Å². The van der Waals surface area contributed by atoms with Crippen LogP contribution in [-0.2, 0) is 0 Å². The Morgan fingerprint density at radius 2 is 1.75 bits per heavy atom. The van der Waals surface area contributed by atoms with Gasteiger partial charge in [-0.1, -0.05) is 0 Å². The minimum atomic E-state index is -0.369. The van der Waals surface area contributed by atoms with Crippen LogP contribution in [-0.4, -0.2) is 19.8 Å². The molecule has 2 heteroatoms. The van der Waals surface area contributed by atoms with Crippen LogP contribution in [0, 0.1) is 0 Å². The van der Waals surface area contributed by atoms with E-state index in [0.29, 0.717) is 0 Å². The standard InChI is InChI=1S/C6H5ClTe/c7-8-6-4-2-1-3-5-6/h1-5H. The Hall–Kier alpha value is 0.300. The average molecular weight is 240 g/mol. The SMILES string of the molecule is Cl[Te]c1ccccc1. The van der Waals surface area contributed by atoms with Crippen molar-refractivity contribution in [3.05, 3.63) is 30.3 Å². The quantitative estimate of drug-likeness (QED) is 0.646. The van der Waals surface area contributed by atoms with Crippen LogP contribution in [0.15, 0.2) is 30.3 Å². The van der Waals surface area contributed by atoms with Crippen LogP contribution in [0.4, 0.5) is 0 Å². The molecule has 0 aliphatic carbocycles. The summed E-state index contributed by atoms with van der Waals surface area (Å²) >= 11 is -0.369. The van der Waals surface area contributed by atoms with E-state index in [1.165, 1.54) is 3.61 Å². The van der Waals surface area contributed by atoms with Crippen molar-refractivity contribution < 1.29 is 0 Å². The number of benzene rings is 1. The van der Waals surface area contributed by atoms with Crippen molar-refractivity contribution >= 4 is 32.4 Å². The van der Waals surface area contributed by atoms with E-state index in [1.54, 1.807) is 0 Å². The van der Waals surface area contributed by atoms with Crippen LogP contribution in [0.25, 0.3) is 0 Å². The zero-order valence-corrected chi connectivity index (χ0v) is 7.26. The third-order valence-corrected chi connectivity index (χ3v) is 3.31. The number of hydrogen-bond donors (Lipinski definition) is 0. The van der Waals surface area contributed by atoms with Gasteiger partial charge in [-0.15, -0.1) is 0 Å². The Labute approximate surface area is 62.7 Å². The predicted molar refractivity (Wildman–Crippen MR) is 37.7 cm³/mol. The van der Waals surface area contributed by atoms with Crippen molar-refractivity contribution in [3.63, 3.8) is 0 Å². The number of rotatable bonds is 1. The van der Waals surface area contributed by atoms with Crippen LogP contribution in [0.1, 0.15) is 0 Å². The fourth-order valence-corrected chi connectivity index (χ4v) is 1.90. The van der Waals surface area contributed by atoms with Crippen LogP contribution in [0.3, 0.4) is 0 Å². The van der Waals surface area contributed by atoms with E-state index in [0.717, 1.165) is 0 Å². The molecule has 0 aliphatic rings. The van der Waals surface area contributed by atoms with Crippen molar-refractivity contribution in [2.24, 2.45) is 0 Å². The Bertz CT molecular complexity index is 150. The Balaban J connectivity index is 2.83. The van der Waals surface area contributed by atoms with Crippen molar-refractivity contribution in [1.82, 2.24) is 0 Å². The summed E-state index contributed by atoms with van der Waals surface area (Å²) in [7, 11) is 5.66. The van der Waals surface area contributed by atoms with Gasteiger partial charge in [-0.3, -0.25) is 0 Å². The molecule has 1 aromatic carbocycles. The molecule has 0 aromatic heterocycles. The summed E-state index contributed by atoms with van der Waals surface area (Å²) in [5.41, 5.74) is 0. The summed E-state index contributed by atoms with van der Waals surface area (Å²) in [4.78, 5) is 0. The van der Waals surface area contributed by atoms with Gasteiger partial charge in [-0.25, -0.2) is 0 Å². The molecule has 8 heavy (non-hydrogen) atoms. The minimum absolute atomic E-state index is 0.369. The van der Waals surface area contributed by atoms with Crippen LogP contribution in [0.2, 0.25) is 0 Å². The summed E-state index contributed by atoms with van der Waals surface area (Å²) in [5.74, 6) is 0. The Morgan fingerprint density at radius 1 is 1.12 bits per heavy atom. The summed E-state index contributed by atoms with van der Waals surface area (Å²) < 4.78 is 1.31. The van der Waals surface area contributed by atoms with E-state index in [9.17, 15) is 0 Å². The average Bonchev–Trinajstić information content (AvgIpc) is 1.90. The molecule has 0 spiro atoms. The monoisotopic (exact) mass is 242 g/mol. The summed E-state index contributed by atoms with van der Waals surface area (Å²) in [6, 6.07) is 10.2. The zero-order valence-electron chi connectivity index (χ0n) is 4.17. The first kappa shape index (κ1) is 6.42. The Morgan fingerprint density at radius 3 is 2.12 bits per heavy atom. The first-order valence-corrected chi connectivity index (χ1v) is 6.39. The molecular formula is C6H5ClTe. The maximum atomic E-state index is 5.66. The first-order chi connectivity index (χ1) is 3.93. The third-order valence-electron chi connectivity index (χ3n) is 0.832. The van der Waals surface area contributed by atoms with Gasteiger partial charge in [-0.2, -0.15) is 0 Å². The molecule has 0 radical (unpaired) electrons. The van der Waals surface area contributed by atoms with Gasteiger partial charge in [0, 0.05) is 0 Å². The van der Waals surface area contributed by atoms with E-state index in [1.807, 2.05) is 18.2 Å². The molecule has 0 amide bonds. The second-order valence-electron chi connectivity index (χ2n) is 1.39. The molecule has 0 unspecified atom stereocenters. The molecule has 0 atom stereocenters. The number of halogens is 1. The van der Waals surface area contributed by atoms with E-state index in [4.69, 9.17) is 8.96 Å². The predicted octanol–water partition coefficient (Wildman–Crippen LogP) is 1.17. The molecular weight excluding hydrogens is 235 g/mol. The van der Waals surface area contributed by atoms with Crippen LogP contribution in [0.5, 0.6) is 0 Å². The Kier molecular flexibility index (Phi) is 2.69. The molecule has 1 rings (SSSR count). The molecule has 0 N–H and O–H groups in total. The molecule has 42 valence electrons. The summed E-state index contributed by atoms with van der Waals surface area (Å²) in [6.45, 7) is 0. The molecule has 0 aliphatic heterocycles. The van der Waals surface area contributed by atoms with Crippen molar-refractivity contribution in [1.29, 1.82) is 0 Å². The van der Waals surface area contributed by atoms with E-state index >= 15 is 0 Å². The number of hydrogen-bond acceptors (Lipinski definition) is 0. The van der Waals surface area contributed by atoms with Gasteiger partial charge in [0.1, 0.15) is 0 Å². The second-order valence-corrected chi connectivity index (χ2v) is 4.21. The van der Waals surface area contributed by atoms with Gasteiger partial charge in [-0.05, 0) is 0 Å². The fourth-order valence-electron chi connectivity index (χ4n) is 0.472. The molecule has 0 nitrogen and oxygen atoms in total. The molecule has 0 bridgehead atoms. The van der Waals surface area contributed by atoms with E-state index in [-0.39, 0.29) is 19.8 Å².